The predicted molar refractivity (Wildman–Crippen MR) is 46.3 cm³/mol. The molecule has 0 aromatic rings. The lowest BCUT2D eigenvalue weighted by Crippen LogP contribution is -1.83. The quantitative estimate of drug-likeness (QED) is 0.443. The second-order valence-electron chi connectivity index (χ2n) is 2.88. The molecule has 0 aliphatic heterocycles. The van der Waals surface area contributed by atoms with Crippen molar-refractivity contribution in [2.24, 2.45) is 0 Å². The van der Waals surface area contributed by atoms with Gasteiger partial charge < -0.3 is 0 Å². The van der Waals surface area contributed by atoms with Crippen molar-refractivity contribution in [1.29, 1.82) is 0 Å². The van der Waals surface area contributed by atoms with Crippen LogP contribution < -0.4 is 0 Å². The molecule has 11 heavy (non-hydrogen) atoms. The van der Waals surface area contributed by atoms with Gasteiger partial charge in [0.05, 0.1) is 0 Å². The fourth-order valence-corrected chi connectivity index (χ4v) is 0.690. The second-order valence-corrected chi connectivity index (χ2v) is 2.88. The van der Waals surface area contributed by atoms with Crippen LogP contribution in [-0.2, 0) is 4.79 Å². The minimum atomic E-state index is 0.0838. The van der Waals surface area contributed by atoms with Crippen LogP contribution in [0.25, 0.3) is 0 Å². The summed E-state index contributed by atoms with van der Waals surface area (Å²) in [6.45, 7) is 5.53. The summed E-state index contributed by atoms with van der Waals surface area (Å²) in [4.78, 5) is 11.0. The zero-order valence-electron chi connectivity index (χ0n) is 6.76. The maximum Gasteiger partial charge on any atom is 0.178 e. The first kappa shape index (κ1) is 7.99. The van der Waals surface area contributed by atoms with E-state index in [1.54, 1.807) is 18.2 Å². The number of allylic oxidation sites excluding steroid dienone is 5. The molecular formula is C10H12O. The van der Waals surface area contributed by atoms with Crippen molar-refractivity contribution in [2.45, 2.75) is 19.8 Å². The molecule has 1 saturated carbocycles. The van der Waals surface area contributed by atoms with Crippen LogP contribution in [0.5, 0.6) is 0 Å². The fraction of sp³-hybridized carbons (Fsp3) is 0.300. The van der Waals surface area contributed by atoms with E-state index in [1.165, 1.54) is 5.57 Å². The van der Waals surface area contributed by atoms with Gasteiger partial charge in [-0.15, -0.1) is 0 Å². The van der Waals surface area contributed by atoms with Gasteiger partial charge in [0.2, 0.25) is 0 Å². The summed E-state index contributed by atoms with van der Waals surface area (Å²) in [5.74, 6) is 0.0838. The van der Waals surface area contributed by atoms with Crippen LogP contribution in [-0.4, -0.2) is 5.78 Å². The minimum Gasteiger partial charge on any atom is -0.290 e. The number of rotatable bonds is 3. The Morgan fingerprint density at radius 1 is 1.45 bits per heavy atom. The molecule has 0 unspecified atom stereocenters. The number of ketones is 1. The van der Waals surface area contributed by atoms with Crippen LogP contribution in [0.2, 0.25) is 0 Å². The standard InChI is InChI=1S/C10H12O/c1-8(2)3-6-10(11)7-9-4-5-9/h3,6-7H,1,4-5H2,2H3/b6-3+. The summed E-state index contributed by atoms with van der Waals surface area (Å²) < 4.78 is 0. The van der Waals surface area contributed by atoms with Crippen LogP contribution in [0, 0.1) is 0 Å². The highest BCUT2D eigenvalue weighted by Gasteiger charge is 2.11. The van der Waals surface area contributed by atoms with Gasteiger partial charge in [-0.05, 0) is 31.9 Å². The molecule has 1 aliphatic rings. The zero-order valence-corrected chi connectivity index (χ0v) is 6.76. The number of carbonyl (C=O) groups excluding carboxylic acids is 1. The van der Waals surface area contributed by atoms with Crippen molar-refractivity contribution in [3.8, 4) is 0 Å². The van der Waals surface area contributed by atoms with E-state index in [9.17, 15) is 4.79 Å². The maximum absolute atomic E-state index is 11.0. The molecule has 1 heteroatoms. The summed E-state index contributed by atoms with van der Waals surface area (Å²) in [6, 6.07) is 0. The van der Waals surface area contributed by atoms with Gasteiger partial charge in [0.25, 0.3) is 0 Å². The van der Waals surface area contributed by atoms with Gasteiger partial charge in [-0.2, -0.15) is 0 Å². The summed E-state index contributed by atoms with van der Waals surface area (Å²) in [5.41, 5.74) is 2.17. The zero-order chi connectivity index (χ0) is 8.27. The Morgan fingerprint density at radius 2 is 2.09 bits per heavy atom. The summed E-state index contributed by atoms with van der Waals surface area (Å²) in [6.07, 6.45) is 7.22. The Bertz CT molecular complexity index is 238. The van der Waals surface area contributed by atoms with E-state index in [4.69, 9.17) is 0 Å². The average molecular weight is 148 g/mol. The highest BCUT2D eigenvalue weighted by Crippen LogP contribution is 2.27. The first-order chi connectivity index (χ1) is 5.18. The molecule has 0 aromatic heterocycles. The van der Waals surface area contributed by atoms with Crippen molar-refractivity contribution < 1.29 is 4.79 Å². The molecule has 1 fully saturated rings. The van der Waals surface area contributed by atoms with Crippen LogP contribution in [0.15, 0.2) is 36.0 Å². The highest BCUT2D eigenvalue weighted by atomic mass is 16.1. The van der Waals surface area contributed by atoms with Gasteiger partial charge in [-0.3, -0.25) is 4.79 Å². The molecule has 0 spiro atoms. The third-order valence-corrected chi connectivity index (χ3v) is 1.42. The smallest absolute Gasteiger partial charge is 0.178 e. The minimum absolute atomic E-state index is 0.0838. The first-order valence-electron chi connectivity index (χ1n) is 3.75. The van der Waals surface area contributed by atoms with Gasteiger partial charge in [-0.25, -0.2) is 0 Å². The lowest BCUT2D eigenvalue weighted by molar-refractivity contribution is -0.110. The summed E-state index contributed by atoms with van der Waals surface area (Å²) >= 11 is 0. The number of hydrogen-bond donors (Lipinski definition) is 0. The van der Waals surface area contributed by atoms with Crippen molar-refractivity contribution in [3.05, 3.63) is 36.0 Å². The fourth-order valence-electron chi connectivity index (χ4n) is 0.690. The van der Waals surface area contributed by atoms with E-state index < -0.39 is 0 Å². The van der Waals surface area contributed by atoms with Crippen LogP contribution in [0.1, 0.15) is 19.8 Å². The van der Waals surface area contributed by atoms with Gasteiger partial charge in [0.15, 0.2) is 5.78 Å². The molecule has 0 heterocycles. The Kier molecular flexibility index (Phi) is 2.42. The molecule has 1 aliphatic carbocycles. The Balaban J connectivity index is 2.42. The lowest BCUT2D eigenvalue weighted by Gasteiger charge is -1.82. The Labute approximate surface area is 67.1 Å². The molecule has 0 radical (unpaired) electrons. The highest BCUT2D eigenvalue weighted by molar-refractivity contribution is 6.00. The molecule has 0 amide bonds. The molecule has 0 bridgehead atoms. The van der Waals surface area contributed by atoms with Gasteiger partial charge in [-0.1, -0.05) is 23.8 Å². The molecule has 58 valence electrons. The topological polar surface area (TPSA) is 17.1 Å². The summed E-state index contributed by atoms with van der Waals surface area (Å²) in [7, 11) is 0. The van der Waals surface area contributed by atoms with E-state index in [0.717, 1.165) is 18.4 Å². The predicted octanol–water partition coefficient (Wildman–Crippen LogP) is 2.41. The lowest BCUT2D eigenvalue weighted by atomic mass is 10.2. The molecule has 1 nitrogen and oxygen atoms in total. The maximum atomic E-state index is 11.0. The SMILES string of the molecule is C=C(C)/C=C/C(=O)C=C1CC1. The number of hydrogen-bond acceptors (Lipinski definition) is 1. The van der Waals surface area contributed by atoms with Crippen molar-refractivity contribution >= 4 is 5.78 Å². The molecule has 0 saturated heterocycles. The van der Waals surface area contributed by atoms with Crippen molar-refractivity contribution in [1.82, 2.24) is 0 Å². The third-order valence-electron chi connectivity index (χ3n) is 1.42. The van der Waals surface area contributed by atoms with E-state index in [2.05, 4.69) is 6.58 Å². The molecule has 0 atom stereocenters. The van der Waals surface area contributed by atoms with Crippen molar-refractivity contribution in [2.75, 3.05) is 0 Å². The summed E-state index contributed by atoms with van der Waals surface area (Å²) in [5, 5.41) is 0. The van der Waals surface area contributed by atoms with E-state index in [0.29, 0.717) is 0 Å². The van der Waals surface area contributed by atoms with E-state index in [-0.39, 0.29) is 5.78 Å². The molecule has 0 N–H and O–H groups in total. The largest absolute Gasteiger partial charge is 0.290 e. The normalized spacial score (nSPS) is 15.2. The molecule has 0 aromatic carbocycles. The monoisotopic (exact) mass is 148 g/mol. The Hall–Kier alpha value is -1.11. The number of carbonyl (C=O) groups is 1. The Morgan fingerprint density at radius 3 is 2.55 bits per heavy atom. The van der Waals surface area contributed by atoms with Gasteiger partial charge in [0.1, 0.15) is 0 Å². The first-order valence-corrected chi connectivity index (χ1v) is 3.75. The van der Waals surface area contributed by atoms with Crippen molar-refractivity contribution in [3.63, 3.8) is 0 Å². The van der Waals surface area contributed by atoms with Gasteiger partial charge in [0, 0.05) is 0 Å². The van der Waals surface area contributed by atoms with E-state index in [1.807, 2.05) is 6.92 Å². The third kappa shape index (κ3) is 3.56. The van der Waals surface area contributed by atoms with Crippen LogP contribution in [0.4, 0.5) is 0 Å². The molecule has 1 rings (SSSR count). The van der Waals surface area contributed by atoms with E-state index >= 15 is 0 Å². The second kappa shape index (κ2) is 3.33. The van der Waals surface area contributed by atoms with Crippen LogP contribution in [0.3, 0.4) is 0 Å². The molecular weight excluding hydrogens is 136 g/mol. The average Bonchev–Trinajstić information content (AvgIpc) is 2.67. The van der Waals surface area contributed by atoms with Gasteiger partial charge >= 0.3 is 0 Å². The van der Waals surface area contributed by atoms with Crippen LogP contribution >= 0.6 is 0 Å².